The highest BCUT2D eigenvalue weighted by molar-refractivity contribution is 5.98. The number of carbonyl (C=O) groups is 2. The van der Waals surface area contributed by atoms with E-state index in [1.54, 1.807) is 4.90 Å². The first-order valence-electron chi connectivity index (χ1n) is 11.6. The predicted octanol–water partition coefficient (Wildman–Crippen LogP) is 4.26. The summed E-state index contributed by atoms with van der Waals surface area (Å²) >= 11 is 0. The lowest BCUT2D eigenvalue weighted by molar-refractivity contribution is 0.0868. The number of halogens is 2. The number of fused-ring (bicyclic) bond motifs is 1. The maximum atomic E-state index is 12.6. The molecule has 4 heterocycles. The Morgan fingerprint density at radius 1 is 1.03 bits per heavy atom. The van der Waals surface area contributed by atoms with Gasteiger partial charge >= 0.3 is 6.09 Å². The first kappa shape index (κ1) is 26.6. The number of hydrogen-bond donors (Lipinski definition) is 2. The van der Waals surface area contributed by atoms with Gasteiger partial charge in [0, 0.05) is 67.6 Å². The van der Waals surface area contributed by atoms with Gasteiger partial charge in [0.25, 0.3) is 5.91 Å². The Morgan fingerprint density at radius 3 is 2.57 bits per heavy atom. The van der Waals surface area contributed by atoms with Crippen LogP contribution >= 0.6 is 24.8 Å². The summed E-state index contributed by atoms with van der Waals surface area (Å²) in [5, 5.41) is 4.12. The monoisotopic (exact) mass is 519 g/mol. The number of rotatable bonds is 5. The Labute approximate surface area is 217 Å². The number of aromatic amines is 1. The van der Waals surface area contributed by atoms with Crippen LogP contribution < -0.4 is 10.2 Å². The number of ether oxygens (including phenoxy) is 1. The summed E-state index contributed by atoms with van der Waals surface area (Å²) in [6.45, 7) is 3.44. The van der Waals surface area contributed by atoms with Crippen LogP contribution in [0.1, 0.15) is 29.6 Å². The largest absolute Gasteiger partial charge is 0.449 e. The van der Waals surface area contributed by atoms with Crippen LogP contribution in [0.4, 0.5) is 10.5 Å². The number of benzene rings is 1. The second-order valence-corrected chi connectivity index (χ2v) is 8.90. The number of nitrogens with zero attached hydrogens (tertiary/aromatic N) is 3. The molecule has 8 nitrogen and oxygen atoms in total. The number of aromatic nitrogens is 2. The fourth-order valence-electron chi connectivity index (χ4n) is 4.69. The minimum atomic E-state index is -0.281. The van der Waals surface area contributed by atoms with Crippen LogP contribution in [0.3, 0.4) is 0 Å². The van der Waals surface area contributed by atoms with Crippen molar-refractivity contribution in [3.63, 3.8) is 0 Å². The number of piperidine rings is 1. The molecule has 2 N–H and O–H groups in total. The third-order valence-electron chi connectivity index (χ3n) is 6.68. The lowest BCUT2D eigenvalue weighted by Crippen LogP contribution is -2.39. The van der Waals surface area contributed by atoms with E-state index in [4.69, 9.17) is 4.74 Å². The van der Waals surface area contributed by atoms with Gasteiger partial charge in [0.15, 0.2) is 0 Å². The minimum Gasteiger partial charge on any atom is -0.449 e. The number of nitrogens with one attached hydrogen (secondary N) is 2. The molecule has 0 saturated carbocycles. The molecule has 2 aliphatic rings. The van der Waals surface area contributed by atoms with Crippen LogP contribution in [0, 0.1) is 5.92 Å². The fraction of sp³-hybridized carbons (Fsp3) is 0.400. The summed E-state index contributed by atoms with van der Waals surface area (Å²) < 4.78 is 5.63. The quantitative estimate of drug-likeness (QED) is 0.525. The Hall–Kier alpha value is -2.97. The maximum Gasteiger partial charge on any atom is 0.409 e. The Morgan fingerprint density at radius 2 is 1.80 bits per heavy atom. The van der Waals surface area contributed by atoms with E-state index in [1.807, 2.05) is 55.0 Å². The standard InChI is InChI=1S/C25H29N5O3.2ClH/c31-24(20-2-1-19-3-11-27-23(19)15-20)28-21-8-14-30(16-21)25(32)33-17-18-6-12-29(13-7-18)22-4-9-26-10-5-22;;/h1-5,9-11,15,18,21,27H,6-8,12-14,16-17H2,(H,28,31);2*1H/t21-;;/m0../s1. The highest BCUT2D eigenvalue weighted by Gasteiger charge is 2.29. The molecular weight excluding hydrogens is 489 g/mol. The van der Waals surface area contributed by atoms with Gasteiger partial charge in [0.1, 0.15) is 0 Å². The van der Waals surface area contributed by atoms with Crippen LogP contribution in [-0.2, 0) is 4.74 Å². The zero-order chi connectivity index (χ0) is 22.6. The fourth-order valence-corrected chi connectivity index (χ4v) is 4.69. The van der Waals surface area contributed by atoms with Crippen molar-refractivity contribution < 1.29 is 14.3 Å². The molecule has 188 valence electrons. The van der Waals surface area contributed by atoms with Gasteiger partial charge in [-0.25, -0.2) is 4.79 Å². The van der Waals surface area contributed by atoms with E-state index in [9.17, 15) is 9.59 Å². The number of amides is 2. The second-order valence-electron chi connectivity index (χ2n) is 8.90. The minimum absolute atomic E-state index is 0. The van der Waals surface area contributed by atoms with Gasteiger partial charge in [-0.2, -0.15) is 0 Å². The molecule has 3 aromatic rings. The molecule has 1 atom stereocenters. The Bertz CT molecular complexity index is 1120. The number of likely N-dealkylation sites (tertiary alicyclic amines) is 1. The first-order chi connectivity index (χ1) is 16.2. The van der Waals surface area contributed by atoms with E-state index in [2.05, 4.69) is 20.2 Å². The summed E-state index contributed by atoms with van der Waals surface area (Å²) in [6, 6.07) is 11.6. The van der Waals surface area contributed by atoms with Gasteiger partial charge in [-0.05, 0) is 60.9 Å². The molecular formula is C25H31Cl2N5O3. The summed E-state index contributed by atoms with van der Waals surface area (Å²) in [7, 11) is 0. The molecule has 0 aliphatic carbocycles. The highest BCUT2D eigenvalue weighted by atomic mass is 35.5. The lowest BCUT2D eigenvalue weighted by atomic mass is 9.97. The Balaban J connectivity index is 0.00000171. The molecule has 2 amide bonds. The first-order valence-corrected chi connectivity index (χ1v) is 11.6. The number of anilines is 1. The van der Waals surface area contributed by atoms with Crippen molar-refractivity contribution in [3.05, 3.63) is 60.6 Å². The molecule has 0 radical (unpaired) electrons. The van der Waals surface area contributed by atoms with Crippen LogP contribution in [0.2, 0.25) is 0 Å². The van der Waals surface area contributed by atoms with Gasteiger partial charge in [-0.1, -0.05) is 6.07 Å². The van der Waals surface area contributed by atoms with Crippen molar-refractivity contribution in [1.29, 1.82) is 0 Å². The highest BCUT2D eigenvalue weighted by Crippen LogP contribution is 2.23. The molecule has 2 aliphatic heterocycles. The van der Waals surface area contributed by atoms with Crippen molar-refractivity contribution in [1.82, 2.24) is 20.2 Å². The topological polar surface area (TPSA) is 90.6 Å². The summed E-state index contributed by atoms with van der Waals surface area (Å²) in [6.07, 6.45) is 7.94. The SMILES string of the molecule is Cl.Cl.O=C(N[C@H]1CCN(C(=O)OCC2CCN(c3ccncc3)CC2)C1)c1ccc2cc[nH]c2c1. The van der Waals surface area contributed by atoms with Gasteiger partial charge in [-0.15, -0.1) is 24.8 Å². The van der Waals surface area contributed by atoms with Gasteiger partial charge < -0.3 is 24.8 Å². The molecule has 35 heavy (non-hydrogen) atoms. The van der Waals surface area contributed by atoms with Crippen LogP contribution in [0.5, 0.6) is 0 Å². The zero-order valence-corrected chi connectivity index (χ0v) is 21.0. The van der Waals surface area contributed by atoms with Crippen LogP contribution in [0.15, 0.2) is 55.0 Å². The van der Waals surface area contributed by atoms with Gasteiger partial charge in [0.2, 0.25) is 0 Å². The van der Waals surface area contributed by atoms with E-state index in [1.165, 1.54) is 5.69 Å². The molecule has 0 unspecified atom stereocenters. The number of hydrogen-bond acceptors (Lipinski definition) is 5. The van der Waals surface area contributed by atoms with Crippen molar-refractivity contribution in [2.24, 2.45) is 5.92 Å². The average molecular weight is 520 g/mol. The predicted molar refractivity (Wildman–Crippen MR) is 141 cm³/mol. The number of pyridine rings is 1. The van der Waals surface area contributed by atoms with Crippen molar-refractivity contribution in [3.8, 4) is 0 Å². The lowest BCUT2D eigenvalue weighted by Gasteiger charge is -2.33. The maximum absolute atomic E-state index is 12.6. The molecule has 5 rings (SSSR count). The normalized spacial score (nSPS) is 18.0. The molecule has 2 fully saturated rings. The molecule has 0 spiro atoms. The van der Waals surface area contributed by atoms with Crippen molar-refractivity contribution in [2.75, 3.05) is 37.7 Å². The molecule has 1 aromatic carbocycles. The van der Waals surface area contributed by atoms with Gasteiger partial charge in [-0.3, -0.25) is 9.78 Å². The van der Waals surface area contributed by atoms with E-state index in [0.717, 1.165) is 43.3 Å². The van der Waals surface area contributed by atoms with Crippen molar-refractivity contribution in [2.45, 2.75) is 25.3 Å². The van der Waals surface area contributed by atoms with Gasteiger partial charge in [0.05, 0.1) is 6.61 Å². The third-order valence-corrected chi connectivity index (χ3v) is 6.68. The average Bonchev–Trinajstić information content (AvgIpc) is 3.52. The molecule has 2 saturated heterocycles. The van der Waals surface area contributed by atoms with E-state index in [-0.39, 0.29) is 42.9 Å². The zero-order valence-electron chi connectivity index (χ0n) is 19.4. The van der Waals surface area contributed by atoms with E-state index in [0.29, 0.717) is 31.2 Å². The molecule has 0 bridgehead atoms. The van der Waals surface area contributed by atoms with Crippen LogP contribution in [0.25, 0.3) is 10.9 Å². The second kappa shape index (κ2) is 12.1. The summed E-state index contributed by atoms with van der Waals surface area (Å²) in [5.41, 5.74) is 2.74. The summed E-state index contributed by atoms with van der Waals surface area (Å²) in [5.74, 6) is 0.265. The van der Waals surface area contributed by atoms with E-state index >= 15 is 0 Å². The Kier molecular flexibility index (Phi) is 9.23. The van der Waals surface area contributed by atoms with Crippen LogP contribution in [-0.4, -0.2) is 65.7 Å². The molecule has 2 aromatic heterocycles. The van der Waals surface area contributed by atoms with Crippen molar-refractivity contribution >= 4 is 53.4 Å². The number of H-pyrrole nitrogens is 1. The summed E-state index contributed by atoms with van der Waals surface area (Å²) in [4.78, 5) is 36.4. The smallest absolute Gasteiger partial charge is 0.409 e. The third kappa shape index (κ3) is 6.38. The van der Waals surface area contributed by atoms with E-state index < -0.39 is 0 Å². The molecule has 10 heteroatoms. The number of carbonyl (C=O) groups excluding carboxylic acids is 2.